The van der Waals surface area contributed by atoms with Gasteiger partial charge in [0.2, 0.25) is 11.8 Å². The third kappa shape index (κ3) is 3.92. The van der Waals surface area contributed by atoms with Crippen LogP contribution in [-0.2, 0) is 17.0 Å². The number of benzene rings is 1. The summed E-state index contributed by atoms with van der Waals surface area (Å²) in [6.07, 6.45) is 1.55. The van der Waals surface area contributed by atoms with Crippen molar-refractivity contribution >= 4 is 28.6 Å². The van der Waals surface area contributed by atoms with Gasteiger partial charge in [-0.25, -0.2) is 9.78 Å². The van der Waals surface area contributed by atoms with Crippen LogP contribution in [0.5, 0.6) is 0 Å². The second-order valence-corrected chi connectivity index (χ2v) is 7.03. The Morgan fingerprint density at radius 1 is 1.28 bits per heavy atom. The fourth-order valence-corrected chi connectivity index (χ4v) is 3.61. The van der Waals surface area contributed by atoms with E-state index < -0.39 is 5.97 Å². The summed E-state index contributed by atoms with van der Waals surface area (Å²) in [5.41, 5.74) is 0.476. The van der Waals surface area contributed by atoms with Crippen molar-refractivity contribution in [3.05, 3.63) is 70.1 Å². The molecule has 0 radical (unpaired) electrons. The van der Waals surface area contributed by atoms with E-state index in [0.29, 0.717) is 44.9 Å². The van der Waals surface area contributed by atoms with E-state index in [4.69, 9.17) is 13.6 Å². The standard InChI is InChI=1S/C19H16N4O5S/c1-11-21-22-16(28-11)10-29-19-20-15-8-12(18(25)26-2)5-6-14(15)17(24)23(19)9-13-4-3-7-27-13/h3-8H,9-10H2,1-2H3. The van der Waals surface area contributed by atoms with E-state index in [-0.39, 0.29) is 12.1 Å². The summed E-state index contributed by atoms with van der Waals surface area (Å²) in [5, 5.41) is 8.60. The van der Waals surface area contributed by atoms with Crippen LogP contribution in [0, 0.1) is 6.92 Å². The van der Waals surface area contributed by atoms with Crippen molar-refractivity contribution in [3.63, 3.8) is 0 Å². The van der Waals surface area contributed by atoms with Gasteiger partial charge in [0.25, 0.3) is 5.56 Å². The van der Waals surface area contributed by atoms with E-state index in [2.05, 4.69) is 15.2 Å². The fraction of sp³-hybridized carbons (Fsp3) is 0.211. The average Bonchev–Trinajstić information content (AvgIpc) is 3.39. The number of rotatable bonds is 6. The van der Waals surface area contributed by atoms with Gasteiger partial charge in [-0.05, 0) is 30.3 Å². The maximum Gasteiger partial charge on any atom is 0.337 e. The maximum atomic E-state index is 13.1. The summed E-state index contributed by atoms with van der Waals surface area (Å²) >= 11 is 1.28. The highest BCUT2D eigenvalue weighted by Gasteiger charge is 2.16. The van der Waals surface area contributed by atoms with Gasteiger partial charge in [-0.3, -0.25) is 9.36 Å². The summed E-state index contributed by atoms with van der Waals surface area (Å²) in [6.45, 7) is 1.93. The number of carbonyl (C=O) groups excluding carboxylic acids is 1. The zero-order valence-electron chi connectivity index (χ0n) is 15.6. The molecule has 9 nitrogen and oxygen atoms in total. The van der Waals surface area contributed by atoms with E-state index in [1.54, 1.807) is 43.5 Å². The van der Waals surface area contributed by atoms with E-state index in [1.807, 2.05) is 0 Å². The molecule has 0 spiro atoms. The number of methoxy groups -OCH3 is 1. The first kappa shape index (κ1) is 18.9. The SMILES string of the molecule is COC(=O)c1ccc2c(=O)n(Cc3ccco3)c(SCc3nnc(C)o3)nc2c1. The Kier molecular flexibility index (Phi) is 5.17. The second-order valence-electron chi connectivity index (χ2n) is 6.09. The largest absolute Gasteiger partial charge is 0.467 e. The molecular formula is C19H16N4O5S. The van der Waals surface area contributed by atoms with E-state index in [1.165, 1.54) is 23.4 Å². The monoisotopic (exact) mass is 412 g/mol. The minimum Gasteiger partial charge on any atom is -0.467 e. The highest BCUT2D eigenvalue weighted by molar-refractivity contribution is 7.98. The first-order valence-electron chi connectivity index (χ1n) is 8.62. The van der Waals surface area contributed by atoms with Crippen molar-refractivity contribution in [2.24, 2.45) is 0 Å². The van der Waals surface area contributed by atoms with Crippen LogP contribution >= 0.6 is 11.8 Å². The quantitative estimate of drug-likeness (QED) is 0.268. The number of esters is 1. The van der Waals surface area contributed by atoms with Crippen LogP contribution in [0.15, 0.2) is 55.4 Å². The molecular weight excluding hydrogens is 396 g/mol. The Bertz CT molecular complexity index is 1230. The van der Waals surface area contributed by atoms with Crippen molar-refractivity contribution in [1.82, 2.24) is 19.7 Å². The molecule has 0 unspecified atom stereocenters. The molecule has 0 aliphatic carbocycles. The lowest BCUT2D eigenvalue weighted by molar-refractivity contribution is 0.0601. The summed E-state index contributed by atoms with van der Waals surface area (Å²) in [4.78, 5) is 29.6. The van der Waals surface area contributed by atoms with Crippen molar-refractivity contribution in [3.8, 4) is 0 Å². The number of fused-ring (bicyclic) bond motifs is 1. The number of nitrogens with zero attached hydrogens (tertiary/aromatic N) is 4. The number of aryl methyl sites for hydroxylation is 1. The molecule has 10 heteroatoms. The molecule has 3 heterocycles. The molecule has 0 bridgehead atoms. The molecule has 0 aliphatic rings. The Morgan fingerprint density at radius 3 is 2.83 bits per heavy atom. The van der Waals surface area contributed by atoms with Gasteiger partial charge in [-0.15, -0.1) is 10.2 Å². The molecule has 0 fully saturated rings. The summed E-state index contributed by atoms with van der Waals surface area (Å²) in [5.74, 6) is 1.35. The van der Waals surface area contributed by atoms with Gasteiger partial charge in [-0.1, -0.05) is 11.8 Å². The predicted molar refractivity (Wildman–Crippen MR) is 104 cm³/mol. The lowest BCUT2D eigenvalue weighted by Gasteiger charge is -2.12. The summed E-state index contributed by atoms with van der Waals surface area (Å²) < 4.78 is 17.1. The molecule has 148 valence electrons. The normalized spacial score (nSPS) is 11.1. The predicted octanol–water partition coefficient (Wildman–Crippen LogP) is 2.81. The minimum absolute atomic E-state index is 0.221. The zero-order valence-corrected chi connectivity index (χ0v) is 16.4. The Hall–Kier alpha value is -3.40. The highest BCUT2D eigenvalue weighted by atomic mass is 32.2. The fourth-order valence-electron chi connectivity index (χ4n) is 2.78. The smallest absolute Gasteiger partial charge is 0.337 e. The molecule has 4 aromatic rings. The first-order chi connectivity index (χ1) is 14.0. The summed E-state index contributed by atoms with van der Waals surface area (Å²) in [6, 6.07) is 8.20. The van der Waals surface area contributed by atoms with E-state index >= 15 is 0 Å². The van der Waals surface area contributed by atoms with Crippen LogP contribution in [0.1, 0.15) is 27.9 Å². The minimum atomic E-state index is -0.496. The van der Waals surface area contributed by atoms with Crippen molar-refractivity contribution < 1.29 is 18.4 Å². The average molecular weight is 412 g/mol. The Morgan fingerprint density at radius 2 is 2.14 bits per heavy atom. The van der Waals surface area contributed by atoms with Crippen molar-refractivity contribution in [2.45, 2.75) is 24.4 Å². The zero-order chi connectivity index (χ0) is 20.4. The van der Waals surface area contributed by atoms with Crippen LogP contribution in [0.2, 0.25) is 0 Å². The molecule has 1 aromatic carbocycles. The van der Waals surface area contributed by atoms with E-state index in [9.17, 15) is 9.59 Å². The highest BCUT2D eigenvalue weighted by Crippen LogP contribution is 2.23. The van der Waals surface area contributed by atoms with Crippen LogP contribution in [0.25, 0.3) is 10.9 Å². The Labute approximate surface area is 168 Å². The third-order valence-electron chi connectivity index (χ3n) is 4.13. The van der Waals surface area contributed by atoms with Gasteiger partial charge in [0.1, 0.15) is 5.76 Å². The third-order valence-corrected chi connectivity index (χ3v) is 5.09. The van der Waals surface area contributed by atoms with Crippen LogP contribution in [-0.4, -0.2) is 32.8 Å². The van der Waals surface area contributed by atoms with Crippen LogP contribution in [0.3, 0.4) is 0 Å². The number of furan rings is 1. The summed E-state index contributed by atoms with van der Waals surface area (Å²) in [7, 11) is 1.30. The number of thioether (sulfide) groups is 1. The van der Waals surface area contributed by atoms with Crippen LogP contribution in [0.4, 0.5) is 0 Å². The molecule has 0 N–H and O–H groups in total. The molecule has 0 atom stereocenters. The van der Waals surface area contributed by atoms with E-state index in [0.717, 1.165) is 0 Å². The lowest BCUT2D eigenvalue weighted by Crippen LogP contribution is -2.24. The molecule has 0 saturated carbocycles. The van der Waals surface area contributed by atoms with Gasteiger partial charge in [0.15, 0.2) is 5.16 Å². The number of hydrogen-bond donors (Lipinski definition) is 0. The first-order valence-corrected chi connectivity index (χ1v) is 9.61. The topological polar surface area (TPSA) is 113 Å². The number of hydrogen-bond acceptors (Lipinski definition) is 9. The van der Waals surface area contributed by atoms with Gasteiger partial charge in [0.05, 0.1) is 42.1 Å². The molecule has 0 saturated heterocycles. The number of aromatic nitrogens is 4. The molecule has 3 aromatic heterocycles. The van der Waals surface area contributed by atoms with Gasteiger partial charge in [-0.2, -0.15) is 0 Å². The molecule has 0 aliphatic heterocycles. The van der Waals surface area contributed by atoms with Crippen LogP contribution < -0.4 is 5.56 Å². The van der Waals surface area contributed by atoms with Crippen molar-refractivity contribution in [1.29, 1.82) is 0 Å². The Balaban J connectivity index is 1.79. The number of carbonyl (C=O) groups is 1. The lowest BCUT2D eigenvalue weighted by atomic mass is 10.1. The second kappa shape index (κ2) is 7.92. The van der Waals surface area contributed by atoms with Crippen molar-refractivity contribution in [2.75, 3.05) is 7.11 Å². The van der Waals surface area contributed by atoms with Gasteiger partial charge in [0, 0.05) is 6.92 Å². The molecule has 0 amide bonds. The van der Waals surface area contributed by atoms with Gasteiger partial charge >= 0.3 is 5.97 Å². The van der Waals surface area contributed by atoms with Gasteiger partial charge < -0.3 is 13.6 Å². The molecule has 29 heavy (non-hydrogen) atoms. The number of ether oxygens (including phenoxy) is 1. The maximum absolute atomic E-state index is 13.1. The molecule has 4 rings (SSSR count).